The van der Waals surface area contributed by atoms with Crippen molar-refractivity contribution in [3.8, 4) is 11.4 Å². The highest BCUT2D eigenvalue weighted by Crippen LogP contribution is 2.25. The molecule has 5 aromatic rings. The number of nitrogens with zero attached hydrogens (tertiary/aromatic N) is 3. The monoisotopic (exact) mass is 478 g/mol. The van der Waals surface area contributed by atoms with Gasteiger partial charge in [-0.3, -0.25) is 14.2 Å². The average Bonchev–Trinajstić information content (AvgIpc) is 2.85. The van der Waals surface area contributed by atoms with Crippen LogP contribution in [0.4, 0.5) is 11.4 Å². The molecule has 0 atom stereocenters. The third-order valence-corrected chi connectivity index (χ3v) is 6.46. The van der Waals surface area contributed by atoms with E-state index in [1.165, 1.54) is 19.8 Å². The summed E-state index contributed by atoms with van der Waals surface area (Å²) in [6, 6.07) is 23.7. The zero-order valence-corrected chi connectivity index (χ0v) is 20.6. The molecule has 2 heterocycles. The molecule has 7 nitrogen and oxygen atoms in total. The molecule has 3 aromatic carbocycles. The molecular weight excluding hydrogens is 452 g/mol. The van der Waals surface area contributed by atoms with Crippen molar-refractivity contribution in [3.05, 3.63) is 127 Å². The number of benzene rings is 3. The van der Waals surface area contributed by atoms with E-state index in [-0.39, 0.29) is 16.6 Å². The quantitative estimate of drug-likeness (QED) is 0.412. The van der Waals surface area contributed by atoms with Crippen molar-refractivity contribution in [1.29, 1.82) is 0 Å². The van der Waals surface area contributed by atoms with Gasteiger partial charge in [-0.2, -0.15) is 0 Å². The highest BCUT2D eigenvalue weighted by Gasteiger charge is 2.23. The zero-order valence-electron chi connectivity index (χ0n) is 20.6. The van der Waals surface area contributed by atoms with Crippen molar-refractivity contribution in [2.45, 2.75) is 20.8 Å². The fourth-order valence-electron chi connectivity index (χ4n) is 4.50. The van der Waals surface area contributed by atoms with Gasteiger partial charge >= 0.3 is 5.69 Å². The molecule has 7 heteroatoms. The first-order chi connectivity index (χ1) is 17.3. The Morgan fingerprint density at radius 3 is 1.83 bits per heavy atom. The van der Waals surface area contributed by atoms with Gasteiger partial charge in [0.05, 0.1) is 17.1 Å². The summed E-state index contributed by atoms with van der Waals surface area (Å²) in [7, 11) is 1.58. The number of anilines is 2. The van der Waals surface area contributed by atoms with Crippen LogP contribution in [0.5, 0.6) is 0 Å². The van der Waals surface area contributed by atoms with Crippen LogP contribution >= 0.6 is 0 Å². The minimum absolute atomic E-state index is 0.228. The first kappa shape index (κ1) is 23.1. The number of hydrogen-bond acceptors (Lipinski definition) is 4. The van der Waals surface area contributed by atoms with Crippen LogP contribution in [0.1, 0.15) is 16.7 Å². The molecule has 1 N–H and O–H groups in total. The summed E-state index contributed by atoms with van der Waals surface area (Å²) in [6.45, 7) is 5.73. The van der Waals surface area contributed by atoms with Crippen molar-refractivity contribution in [1.82, 2.24) is 13.7 Å². The van der Waals surface area contributed by atoms with Crippen molar-refractivity contribution in [2.75, 3.05) is 5.32 Å². The Labute approximate surface area is 207 Å². The van der Waals surface area contributed by atoms with Gasteiger partial charge < -0.3 is 5.32 Å². The number of nitrogens with one attached hydrogen (secondary N) is 1. The second-order valence-electron chi connectivity index (χ2n) is 8.98. The number of fused-ring (bicyclic) bond motifs is 1. The van der Waals surface area contributed by atoms with Crippen LogP contribution in [0, 0.1) is 20.8 Å². The number of hydrogen-bond donors (Lipinski definition) is 1. The molecule has 0 spiro atoms. The van der Waals surface area contributed by atoms with Crippen molar-refractivity contribution < 1.29 is 0 Å². The lowest BCUT2D eigenvalue weighted by molar-refractivity contribution is 0.779. The van der Waals surface area contributed by atoms with Crippen LogP contribution in [0.2, 0.25) is 0 Å². The Hall–Kier alpha value is -4.65. The average molecular weight is 479 g/mol. The zero-order chi connectivity index (χ0) is 25.6. The van der Waals surface area contributed by atoms with E-state index >= 15 is 0 Å². The second-order valence-corrected chi connectivity index (χ2v) is 8.98. The maximum atomic E-state index is 14.1. The summed E-state index contributed by atoms with van der Waals surface area (Å²) in [6.07, 6.45) is 0. The molecule has 0 unspecified atom stereocenters. The van der Waals surface area contributed by atoms with E-state index in [0.29, 0.717) is 17.1 Å². The smallest absolute Gasteiger partial charge is 0.341 e. The Morgan fingerprint density at radius 2 is 1.25 bits per heavy atom. The van der Waals surface area contributed by atoms with E-state index in [0.717, 1.165) is 22.4 Å². The molecule has 0 aliphatic carbocycles. The predicted octanol–water partition coefficient (Wildman–Crippen LogP) is 4.51. The van der Waals surface area contributed by atoms with Gasteiger partial charge in [0.25, 0.3) is 11.1 Å². The number of rotatable bonds is 4. The predicted molar refractivity (Wildman–Crippen MR) is 144 cm³/mol. The first-order valence-corrected chi connectivity index (χ1v) is 11.7. The molecule has 0 bridgehead atoms. The number of aromatic nitrogens is 3. The van der Waals surface area contributed by atoms with Gasteiger partial charge in [0.1, 0.15) is 11.0 Å². The Balaban J connectivity index is 1.99. The van der Waals surface area contributed by atoms with Gasteiger partial charge in [0, 0.05) is 18.8 Å². The molecule has 0 saturated heterocycles. The fraction of sp³-hybridized carbons (Fsp3) is 0.138. The summed E-state index contributed by atoms with van der Waals surface area (Å²) in [5, 5.41) is 3.49. The lowest BCUT2D eigenvalue weighted by Gasteiger charge is -2.20. The summed E-state index contributed by atoms with van der Waals surface area (Å²) in [4.78, 5) is 41.3. The second kappa shape index (κ2) is 8.85. The Morgan fingerprint density at radius 1 is 0.694 bits per heavy atom. The van der Waals surface area contributed by atoms with E-state index in [9.17, 15) is 14.4 Å². The first-order valence-electron chi connectivity index (χ1n) is 11.7. The van der Waals surface area contributed by atoms with Gasteiger partial charge in [-0.05, 0) is 56.2 Å². The number of pyridine rings is 1. The molecule has 180 valence electrons. The minimum atomic E-state index is -0.543. The normalized spacial score (nSPS) is 11.1. The molecular formula is C29H26N4O3. The van der Waals surface area contributed by atoms with E-state index in [1.54, 1.807) is 19.2 Å². The van der Waals surface area contributed by atoms with Crippen LogP contribution in [0.25, 0.3) is 22.4 Å². The van der Waals surface area contributed by atoms with Crippen molar-refractivity contribution in [3.63, 3.8) is 0 Å². The topological polar surface area (TPSA) is 78.0 Å². The van der Waals surface area contributed by atoms with Crippen LogP contribution in [0.3, 0.4) is 0 Å². The highest BCUT2D eigenvalue weighted by molar-refractivity contribution is 5.91. The highest BCUT2D eigenvalue weighted by atomic mass is 16.2. The van der Waals surface area contributed by atoms with Gasteiger partial charge in [-0.1, -0.05) is 54.1 Å². The summed E-state index contributed by atoms with van der Waals surface area (Å²) < 4.78 is 4.00. The lowest BCUT2D eigenvalue weighted by atomic mass is 10.1. The summed E-state index contributed by atoms with van der Waals surface area (Å²) >= 11 is 0. The van der Waals surface area contributed by atoms with E-state index in [4.69, 9.17) is 0 Å². The molecule has 0 aliphatic heterocycles. The van der Waals surface area contributed by atoms with E-state index in [2.05, 4.69) is 5.32 Å². The van der Waals surface area contributed by atoms with Gasteiger partial charge in [0.15, 0.2) is 0 Å². The van der Waals surface area contributed by atoms with Crippen molar-refractivity contribution in [2.24, 2.45) is 7.05 Å². The SMILES string of the molecule is Cc1ccc(Nc2cc(=O)n(C)c3c2c(=O)n(-c2ccccc2C)c(=O)n3-c2ccccc2C)cc1. The van der Waals surface area contributed by atoms with Crippen molar-refractivity contribution >= 4 is 22.4 Å². The van der Waals surface area contributed by atoms with Crippen LogP contribution in [-0.4, -0.2) is 13.7 Å². The molecule has 0 saturated carbocycles. The number of aryl methyl sites for hydroxylation is 4. The largest absolute Gasteiger partial charge is 0.355 e. The maximum absolute atomic E-state index is 14.1. The van der Waals surface area contributed by atoms with Gasteiger partial charge in [-0.25, -0.2) is 13.9 Å². The Kier molecular flexibility index (Phi) is 5.68. The minimum Gasteiger partial charge on any atom is -0.355 e. The third-order valence-electron chi connectivity index (χ3n) is 6.46. The van der Waals surface area contributed by atoms with Crippen LogP contribution in [0.15, 0.2) is 93.2 Å². The van der Waals surface area contributed by atoms with Gasteiger partial charge in [0.2, 0.25) is 0 Å². The molecule has 0 fully saturated rings. The third kappa shape index (κ3) is 3.75. The van der Waals surface area contributed by atoms with E-state index < -0.39 is 11.2 Å². The molecule has 5 rings (SSSR count). The van der Waals surface area contributed by atoms with Crippen LogP contribution in [-0.2, 0) is 7.05 Å². The standard InChI is InChI=1S/C29H26N4O3/c1-18-13-15-21(16-14-18)30-22-17-25(34)31(4)27-26(22)28(35)33(24-12-8-6-10-20(24)3)29(36)32(27)23-11-7-5-9-19(23)2/h5-17,30H,1-4H3. The summed E-state index contributed by atoms with van der Waals surface area (Å²) in [5.41, 5.74) is 3.70. The molecule has 0 amide bonds. The maximum Gasteiger partial charge on any atom is 0.341 e. The molecule has 0 aliphatic rings. The molecule has 0 radical (unpaired) electrons. The molecule has 36 heavy (non-hydrogen) atoms. The lowest BCUT2D eigenvalue weighted by Crippen LogP contribution is -2.41. The fourth-order valence-corrected chi connectivity index (χ4v) is 4.50. The Bertz CT molecular complexity index is 1810. The summed E-state index contributed by atoms with van der Waals surface area (Å²) in [5.74, 6) is 0. The van der Waals surface area contributed by atoms with Gasteiger partial charge in [-0.15, -0.1) is 0 Å². The number of para-hydroxylation sites is 2. The molecule has 2 aromatic heterocycles. The van der Waals surface area contributed by atoms with E-state index in [1.807, 2.05) is 81.4 Å². The van der Waals surface area contributed by atoms with Crippen LogP contribution < -0.4 is 22.1 Å².